The Morgan fingerprint density at radius 1 is 0.389 bits per heavy atom. The summed E-state index contributed by atoms with van der Waals surface area (Å²) in [7, 11) is 0. The van der Waals surface area contributed by atoms with E-state index in [0.717, 1.165) is 125 Å². The van der Waals surface area contributed by atoms with Crippen LogP contribution in [0, 0.1) is 0 Å². The molecule has 0 spiro atoms. The molecule has 3 heterocycles. The standard InChI is InChI=1S/C100H131N13O18/c1-11-89(114)103-47-58-125-65-67-128-61-55-111(99(122)79-29-23-21-27-77(79)97-81-35-31-73(106(13-3)14-4)69-85(81)130-86-70-74(32-36-82(86)97)107(15-5)16-6)52-41-91(116)101-45-25-50-110(94(119)44-57-124-63-64-127-60-49-105-93(118)43-54-113-95(120)39-40-96(113)121)51-26-46-102-92(117)42-53-112(56-62-129-68-66-126-59-48-104-90(115)12-2)100(123)80-30-24-22-28-78(80)98-83-37-33-75(108(17-7)18-8)71-87(83)131-88-72-76(34-38-84(88)98)109(19-9)20-10/h11-12,21-24,27-40,69-72H,1-2,13-20,25-26,41-68H2,3-10H3,(H3-2,101,102,103,104,105,114,115,116,117,118)/p+2. The predicted molar refractivity (Wildman–Crippen MR) is 509 cm³/mol. The number of hydrogen-bond acceptors (Lipinski definition) is 20. The van der Waals surface area contributed by atoms with Gasteiger partial charge in [-0.2, -0.15) is 0 Å². The molecule has 0 saturated carbocycles. The number of nitrogens with one attached hydrogen (secondary N) is 5. The van der Waals surface area contributed by atoms with Crippen molar-refractivity contribution in [1.29, 1.82) is 0 Å². The summed E-state index contributed by atoms with van der Waals surface area (Å²) in [5.74, 6) is -2.13. The molecule has 2 aliphatic carbocycles. The van der Waals surface area contributed by atoms with E-state index >= 15 is 9.59 Å². The van der Waals surface area contributed by atoms with Gasteiger partial charge >= 0.3 is 0 Å². The normalized spacial score (nSPS) is 11.8. The van der Waals surface area contributed by atoms with Crippen LogP contribution in [-0.4, -0.2) is 289 Å². The zero-order valence-corrected chi connectivity index (χ0v) is 77.6. The van der Waals surface area contributed by atoms with Gasteiger partial charge in [-0.05, 0) is 140 Å². The van der Waals surface area contributed by atoms with Gasteiger partial charge in [0.05, 0.1) is 97.8 Å². The van der Waals surface area contributed by atoms with E-state index in [4.69, 9.17) is 37.3 Å². The average Bonchev–Trinajstić information content (AvgIpc) is 0.829. The van der Waals surface area contributed by atoms with Crippen LogP contribution in [0.3, 0.4) is 0 Å². The lowest BCUT2D eigenvalue weighted by molar-refractivity contribution is -0.137. The number of ether oxygens (including phenoxy) is 6. The summed E-state index contributed by atoms with van der Waals surface area (Å²) in [5.41, 5.74) is 8.79. The molecule has 4 aromatic rings. The Balaban J connectivity index is 0.885. The van der Waals surface area contributed by atoms with Gasteiger partial charge in [0.1, 0.15) is 48.9 Å². The lowest BCUT2D eigenvalue weighted by Crippen LogP contribution is -2.39. The smallest absolute Gasteiger partial charge is 0.254 e. The Hall–Kier alpha value is -12.3. The van der Waals surface area contributed by atoms with Gasteiger partial charge in [-0.15, -0.1) is 0 Å². The number of nitrogens with zero attached hydrogens (tertiary/aromatic N) is 8. The number of carbonyl (C=O) groups is 10. The molecule has 0 radical (unpaired) electrons. The molecule has 31 nitrogen and oxygen atoms in total. The maximum absolute atomic E-state index is 15.5. The van der Waals surface area contributed by atoms with Crippen molar-refractivity contribution in [3.8, 4) is 44.9 Å². The predicted octanol–water partition coefficient (Wildman–Crippen LogP) is 8.77. The van der Waals surface area contributed by atoms with Gasteiger partial charge in [0.2, 0.25) is 46.2 Å². The molecule has 5 N–H and O–H groups in total. The number of benzene rings is 6. The molecule has 0 saturated heterocycles. The van der Waals surface area contributed by atoms with Crippen LogP contribution >= 0.6 is 0 Å². The lowest BCUT2D eigenvalue weighted by atomic mass is 9.90. The second-order valence-corrected chi connectivity index (χ2v) is 31.0. The Bertz CT molecular complexity index is 4980. The van der Waals surface area contributed by atoms with Crippen molar-refractivity contribution in [1.82, 2.24) is 55.3 Å². The molecule has 0 unspecified atom stereocenters. The fourth-order valence-electron chi connectivity index (χ4n) is 15.7. The molecular weight excluding hydrogens is 1670 g/mol. The van der Waals surface area contributed by atoms with Gasteiger partial charge in [-0.3, -0.25) is 52.8 Å². The molecule has 3 aliphatic heterocycles. The highest BCUT2D eigenvalue weighted by Crippen LogP contribution is 2.44. The van der Waals surface area contributed by atoms with Crippen molar-refractivity contribution in [3.63, 3.8) is 0 Å². The fraction of sp³-hybridized carbons (Fsp3) is 0.460. The van der Waals surface area contributed by atoms with E-state index in [1.807, 2.05) is 36.4 Å². The molecular formula is C100H133N13O18+2. The minimum absolute atomic E-state index is 0.00622. The van der Waals surface area contributed by atoms with Crippen molar-refractivity contribution in [2.24, 2.45) is 0 Å². The van der Waals surface area contributed by atoms with Gasteiger partial charge in [-0.25, -0.2) is 9.15 Å². The number of amides is 10. The van der Waals surface area contributed by atoms with E-state index in [-0.39, 0.29) is 231 Å². The van der Waals surface area contributed by atoms with Crippen molar-refractivity contribution in [2.75, 3.05) is 220 Å². The topological polar surface area (TPSA) is 338 Å². The molecule has 31 heteroatoms. The summed E-state index contributed by atoms with van der Waals surface area (Å²) in [4.78, 5) is 144. The number of imide groups is 1. The van der Waals surface area contributed by atoms with E-state index in [2.05, 4.69) is 187 Å². The summed E-state index contributed by atoms with van der Waals surface area (Å²) < 4.78 is 53.1. The summed E-state index contributed by atoms with van der Waals surface area (Å²) in [6.45, 7) is 34.0. The highest BCUT2D eigenvalue weighted by Gasteiger charge is 2.30. The number of carbonyl (C=O) groups excluding carboxylic acids is 10. The lowest BCUT2D eigenvalue weighted by Gasteiger charge is -2.26. The first-order valence-corrected chi connectivity index (χ1v) is 46.1. The second-order valence-electron chi connectivity index (χ2n) is 31.0. The van der Waals surface area contributed by atoms with Crippen LogP contribution in [0.5, 0.6) is 0 Å². The molecule has 0 fully saturated rings. The van der Waals surface area contributed by atoms with E-state index in [9.17, 15) is 38.4 Å². The largest absolute Gasteiger partial charge is 0.456 e. The first-order valence-electron chi connectivity index (χ1n) is 46.1. The van der Waals surface area contributed by atoms with Gasteiger partial charge in [0, 0.05) is 216 Å². The Kier molecular flexibility index (Phi) is 43.1. The molecule has 0 aromatic heterocycles. The third kappa shape index (κ3) is 30.4. The second kappa shape index (κ2) is 55.0. The SMILES string of the molecule is C=CC(=O)NCCOCCOCCN(CCC(=O)NCCCN(CCCNC(=O)CCN(CCOCCOCCNC(=O)C=C)C(=O)c1ccccc1-c1c2ccc(=[N+](CC)CC)cc-2oc2cc(N(CC)CC)ccc12)C(=O)CCOCCOCCNC(=O)CCN1C(=O)C=CC1=O)C(=O)c1ccccc1-c1c2ccc(=[N+](CC)CC)cc-2oc2cc(N(CC)CC)ccc12. The molecule has 704 valence electrons. The summed E-state index contributed by atoms with van der Waals surface area (Å²) in [6, 6.07) is 39.8. The van der Waals surface area contributed by atoms with Crippen molar-refractivity contribution < 1.29 is 85.2 Å². The highest BCUT2D eigenvalue weighted by atomic mass is 16.5. The Morgan fingerprint density at radius 3 is 1.18 bits per heavy atom. The summed E-state index contributed by atoms with van der Waals surface area (Å²) >= 11 is 0. The molecule has 0 bridgehead atoms. The molecule has 10 amide bonds. The van der Waals surface area contributed by atoms with Gasteiger partial charge in [-0.1, -0.05) is 49.6 Å². The van der Waals surface area contributed by atoms with Crippen molar-refractivity contribution in [2.45, 2.75) is 93.9 Å². The van der Waals surface area contributed by atoms with Crippen LogP contribution in [0.1, 0.15) is 115 Å². The zero-order valence-electron chi connectivity index (χ0n) is 77.6. The van der Waals surface area contributed by atoms with Gasteiger partial charge < -0.3 is 88.3 Å². The average molecular weight is 1810 g/mol. The molecule has 131 heavy (non-hydrogen) atoms. The number of fused-ring (bicyclic) bond motifs is 4. The summed E-state index contributed by atoms with van der Waals surface area (Å²) in [5, 5.41) is 17.8. The van der Waals surface area contributed by atoms with Crippen LogP contribution in [0.25, 0.3) is 66.8 Å². The van der Waals surface area contributed by atoms with Crippen LogP contribution in [-0.2, 0) is 66.8 Å². The van der Waals surface area contributed by atoms with Crippen LogP contribution < -0.4 is 56.2 Å². The van der Waals surface area contributed by atoms with Gasteiger partial charge in [0.25, 0.3) is 23.6 Å². The Morgan fingerprint density at radius 2 is 0.771 bits per heavy atom. The maximum Gasteiger partial charge on any atom is 0.254 e. The minimum Gasteiger partial charge on any atom is -0.456 e. The van der Waals surface area contributed by atoms with Gasteiger partial charge in [0.15, 0.2) is 0 Å². The first kappa shape index (κ1) is 102. The van der Waals surface area contributed by atoms with E-state index in [1.54, 1.807) is 26.8 Å². The highest BCUT2D eigenvalue weighted by molar-refractivity contribution is 6.14. The molecule has 9 rings (SSSR count). The van der Waals surface area contributed by atoms with Crippen LogP contribution in [0.2, 0.25) is 0 Å². The first-order chi connectivity index (χ1) is 63.7. The number of hydrogen-bond donors (Lipinski definition) is 5. The Labute approximate surface area is 768 Å². The van der Waals surface area contributed by atoms with E-state index in [1.165, 1.54) is 12.2 Å². The quantitative estimate of drug-likeness (QED) is 0.00781. The molecule has 0 atom stereocenters. The zero-order chi connectivity index (χ0) is 93.8. The number of rotatable bonds is 60. The van der Waals surface area contributed by atoms with Crippen LogP contribution in [0.4, 0.5) is 11.4 Å². The monoisotopic (exact) mass is 1800 g/mol. The molecule has 5 aliphatic rings. The number of anilines is 2. The van der Waals surface area contributed by atoms with E-state index < -0.39 is 11.8 Å². The van der Waals surface area contributed by atoms with Crippen LogP contribution in [0.15, 0.2) is 168 Å². The fourth-order valence-corrected chi connectivity index (χ4v) is 15.7. The van der Waals surface area contributed by atoms with E-state index in [0.29, 0.717) is 57.8 Å². The van der Waals surface area contributed by atoms with Crippen molar-refractivity contribution >= 4 is 92.4 Å². The molecule has 4 aromatic carbocycles. The maximum atomic E-state index is 15.5. The minimum atomic E-state index is -0.465. The summed E-state index contributed by atoms with van der Waals surface area (Å²) in [6.07, 6.45) is 5.16. The van der Waals surface area contributed by atoms with Crippen molar-refractivity contribution in [3.05, 3.63) is 181 Å². The third-order valence-corrected chi connectivity index (χ3v) is 22.8. The third-order valence-electron chi connectivity index (χ3n) is 22.8.